The smallest absolute Gasteiger partial charge is 0.332 e. The first-order valence-corrected chi connectivity index (χ1v) is 4.64. The summed E-state index contributed by atoms with van der Waals surface area (Å²) in [6, 6.07) is 3.24. The van der Waals surface area contributed by atoms with Gasteiger partial charge in [0, 0.05) is 11.6 Å². The van der Waals surface area contributed by atoms with Gasteiger partial charge in [0.2, 0.25) is 0 Å². The number of hydrazone groups is 1. The number of halogens is 1. The number of benzene rings is 1. The Hall–Kier alpha value is -2.11. The van der Waals surface area contributed by atoms with Gasteiger partial charge in [0.15, 0.2) is 0 Å². The van der Waals surface area contributed by atoms with E-state index in [9.17, 15) is 9.18 Å². The summed E-state index contributed by atoms with van der Waals surface area (Å²) >= 11 is 0. The third-order valence-electron chi connectivity index (χ3n) is 1.65. The van der Waals surface area contributed by atoms with Crippen LogP contribution in [0.25, 0.3) is 0 Å². The number of ether oxygens (including phenoxy) is 1. The molecule has 0 aliphatic heterocycles. The van der Waals surface area contributed by atoms with Crippen molar-refractivity contribution in [3.63, 3.8) is 0 Å². The monoisotopic (exact) mass is 225 g/mol. The molecule has 0 saturated carbocycles. The van der Waals surface area contributed by atoms with E-state index in [2.05, 4.69) is 5.10 Å². The summed E-state index contributed by atoms with van der Waals surface area (Å²) in [4.78, 5) is 10.4. The topological polar surface area (TPSA) is 76.7 Å². The van der Waals surface area contributed by atoms with E-state index in [0.717, 1.165) is 0 Å². The van der Waals surface area contributed by atoms with Crippen LogP contribution in [0.2, 0.25) is 0 Å². The van der Waals surface area contributed by atoms with Crippen molar-refractivity contribution in [2.75, 3.05) is 6.61 Å². The molecule has 86 valence electrons. The highest BCUT2D eigenvalue weighted by Gasteiger charge is 2.02. The fraction of sp³-hybridized carbons (Fsp3) is 0.200. The van der Waals surface area contributed by atoms with Crippen LogP contribution in [0.1, 0.15) is 12.5 Å². The predicted molar refractivity (Wildman–Crippen MR) is 57.9 cm³/mol. The zero-order valence-electron chi connectivity index (χ0n) is 8.74. The number of amides is 2. The molecular formula is C10H12FN3O2. The van der Waals surface area contributed by atoms with Crippen molar-refractivity contribution in [2.45, 2.75) is 6.92 Å². The summed E-state index contributed by atoms with van der Waals surface area (Å²) in [5, 5.41) is 3.56. The minimum absolute atomic E-state index is 0.359. The van der Waals surface area contributed by atoms with Gasteiger partial charge in [-0.3, -0.25) is 0 Å². The van der Waals surface area contributed by atoms with Crippen LogP contribution >= 0.6 is 0 Å². The first kappa shape index (κ1) is 12.0. The molecule has 1 rings (SSSR count). The molecule has 0 spiro atoms. The molecule has 5 nitrogen and oxygen atoms in total. The highest BCUT2D eigenvalue weighted by Crippen LogP contribution is 2.18. The molecule has 0 saturated heterocycles. The number of urea groups is 1. The molecule has 0 aromatic heterocycles. The molecule has 0 aliphatic carbocycles. The molecule has 0 heterocycles. The van der Waals surface area contributed by atoms with Crippen molar-refractivity contribution < 1.29 is 13.9 Å². The van der Waals surface area contributed by atoms with Crippen LogP contribution in [0, 0.1) is 5.82 Å². The highest BCUT2D eigenvalue weighted by molar-refractivity contribution is 5.84. The summed E-state index contributed by atoms with van der Waals surface area (Å²) in [7, 11) is 0. The van der Waals surface area contributed by atoms with Crippen LogP contribution in [0.4, 0.5) is 9.18 Å². The Morgan fingerprint density at radius 1 is 1.69 bits per heavy atom. The maximum Gasteiger partial charge on any atom is 0.332 e. The third kappa shape index (κ3) is 3.56. The second-order valence-corrected chi connectivity index (χ2v) is 2.85. The van der Waals surface area contributed by atoms with Crippen LogP contribution in [0.15, 0.2) is 23.3 Å². The van der Waals surface area contributed by atoms with Crippen LogP contribution < -0.4 is 15.9 Å². The lowest BCUT2D eigenvalue weighted by Gasteiger charge is -2.06. The van der Waals surface area contributed by atoms with E-state index in [4.69, 9.17) is 10.5 Å². The van der Waals surface area contributed by atoms with Crippen molar-refractivity contribution >= 4 is 12.2 Å². The second kappa shape index (κ2) is 5.69. The average Bonchev–Trinajstić information content (AvgIpc) is 2.21. The van der Waals surface area contributed by atoms with E-state index in [0.29, 0.717) is 17.9 Å². The van der Waals surface area contributed by atoms with Crippen molar-refractivity contribution in [3.8, 4) is 5.75 Å². The highest BCUT2D eigenvalue weighted by atomic mass is 19.1. The average molecular weight is 225 g/mol. The molecule has 0 bridgehead atoms. The van der Waals surface area contributed by atoms with E-state index in [1.54, 1.807) is 6.92 Å². The van der Waals surface area contributed by atoms with Gasteiger partial charge in [0.05, 0.1) is 12.8 Å². The SMILES string of the molecule is CCOc1cc(F)ccc1C=NNC(N)=O. The van der Waals surface area contributed by atoms with E-state index in [1.165, 1.54) is 24.4 Å². The van der Waals surface area contributed by atoms with Crippen molar-refractivity contribution in [1.82, 2.24) is 5.43 Å². The fourth-order valence-electron chi connectivity index (χ4n) is 1.06. The number of hydrogen-bond acceptors (Lipinski definition) is 3. The van der Waals surface area contributed by atoms with Gasteiger partial charge in [0.25, 0.3) is 0 Å². The molecule has 2 amide bonds. The molecule has 3 N–H and O–H groups in total. The lowest BCUT2D eigenvalue weighted by atomic mass is 10.2. The van der Waals surface area contributed by atoms with E-state index in [-0.39, 0.29) is 0 Å². The zero-order valence-corrected chi connectivity index (χ0v) is 8.74. The Bertz CT molecular complexity index is 407. The largest absolute Gasteiger partial charge is 0.493 e. The van der Waals surface area contributed by atoms with Gasteiger partial charge in [0.1, 0.15) is 11.6 Å². The number of hydrogen-bond donors (Lipinski definition) is 2. The number of carbonyl (C=O) groups is 1. The second-order valence-electron chi connectivity index (χ2n) is 2.85. The summed E-state index contributed by atoms with van der Waals surface area (Å²) in [6.07, 6.45) is 1.33. The summed E-state index contributed by atoms with van der Waals surface area (Å²) < 4.78 is 18.1. The fourth-order valence-corrected chi connectivity index (χ4v) is 1.06. The van der Waals surface area contributed by atoms with Crippen molar-refractivity contribution in [2.24, 2.45) is 10.8 Å². The zero-order chi connectivity index (χ0) is 12.0. The molecule has 0 unspecified atom stereocenters. The molecule has 0 atom stereocenters. The van der Waals surface area contributed by atoms with E-state index in [1.807, 2.05) is 5.43 Å². The normalized spacial score (nSPS) is 10.4. The number of nitrogens with zero attached hydrogens (tertiary/aromatic N) is 1. The molecule has 0 aliphatic rings. The van der Waals surface area contributed by atoms with Gasteiger partial charge < -0.3 is 10.5 Å². The number of carbonyl (C=O) groups excluding carboxylic acids is 1. The van der Waals surface area contributed by atoms with Crippen LogP contribution in [0.3, 0.4) is 0 Å². The number of rotatable bonds is 4. The molecule has 1 aromatic carbocycles. The molecule has 6 heteroatoms. The van der Waals surface area contributed by atoms with Crippen LogP contribution in [0.5, 0.6) is 5.75 Å². The third-order valence-corrected chi connectivity index (χ3v) is 1.65. The first-order chi connectivity index (χ1) is 7.63. The molecule has 16 heavy (non-hydrogen) atoms. The lowest BCUT2D eigenvalue weighted by molar-refractivity contribution is 0.249. The van der Waals surface area contributed by atoms with Gasteiger partial charge in [-0.15, -0.1) is 0 Å². The van der Waals surface area contributed by atoms with Crippen LogP contribution in [-0.4, -0.2) is 18.9 Å². The number of primary amides is 1. The Morgan fingerprint density at radius 3 is 3.06 bits per heavy atom. The van der Waals surface area contributed by atoms with E-state index >= 15 is 0 Å². The molecular weight excluding hydrogens is 213 g/mol. The van der Waals surface area contributed by atoms with Gasteiger partial charge in [-0.25, -0.2) is 14.6 Å². The molecule has 1 aromatic rings. The standard InChI is InChI=1S/C10H12FN3O2/c1-2-16-9-5-8(11)4-3-7(9)6-13-14-10(12)15/h3-6H,2H2,1H3,(H3,12,14,15). The number of nitrogens with one attached hydrogen (secondary N) is 1. The summed E-state index contributed by atoms with van der Waals surface area (Å²) in [6.45, 7) is 2.20. The van der Waals surface area contributed by atoms with E-state index < -0.39 is 11.8 Å². The first-order valence-electron chi connectivity index (χ1n) is 4.64. The maximum absolute atomic E-state index is 12.9. The minimum Gasteiger partial charge on any atom is -0.493 e. The maximum atomic E-state index is 12.9. The van der Waals surface area contributed by atoms with Crippen LogP contribution in [-0.2, 0) is 0 Å². The molecule has 0 radical (unpaired) electrons. The van der Waals surface area contributed by atoms with Gasteiger partial charge in [-0.05, 0) is 19.1 Å². The molecule has 0 fully saturated rings. The Kier molecular flexibility index (Phi) is 4.26. The predicted octanol–water partition coefficient (Wildman–Crippen LogP) is 1.23. The summed E-state index contributed by atoms with van der Waals surface area (Å²) in [5.74, 6) is -0.0408. The van der Waals surface area contributed by atoms with Crippen molar-refractivity contribution in [1.29, 1.82) is 0 Å². The van der Waals surface area contributed by atoms with Crippen molar-refractivity contribution in [3.05, 3.63) is 29.6 Å². The number of nitrogens with two attached hydrogens (primary N) is 1. The summed E-state index contributed by atoms with van der Waals surface area (Å²) in [5.41, 5.74) is 7.41. The van der Waals surface area contributed by atoms with Gasteiger partial charge in [-0.1, -0.05) is 0 Å². The quantitative estimate of drug-likeness (QED) is 0.597. The van der Waals surface area contributed by atoms with Gasteiger partial charge >= 0.3 is 6.03 Å². The Labute approximate surface area is 92.1 Å². The Morgan fingerprint density at radius 2 is 2.44 bits per heavy atom. The minimum atomic E-state index is -0.767. The van der Waals surface area contributed by atoms with Gasteiger partial charge in [-0.2, -0.15) is 5.10 Å². The Balaban J connectivity index is 2.85. The lowest BCUT2D eigenvalue weighted by Crippen LogP contribution is -2.24.